The fourth-order valence-corrected chi connectivity index (χ4v) is 3.34. The Bertz CT molecular complexity index is 374. The van der Waals surface area contributed by atoms with Gasteiger partial charge in [-0.3, -0.25) is 0 Å². The molecule has 0 spiro atoms. The van der Waals surface area contributed by atoms with Gasteiger partial charge in [-0.15, -0.1) is 0 Å². The van der Waals surface area contributed by atoms with Gasteiger partial charge in [0, 0.05) is 6.04 Å². The third-order valence-corrected chi connectivity index (χ3v) is 4.80. The summed E-state index contributed by atoms with van der Waals surface area (Å²) in [6, 6.07) is 11.6. The summed E-state index contributed by atoms with van der Waals surface area (Å²) in [6.45, 7) is 16.1. The van der Waals surface area contributed by atoms with Gasteiger partial charge < -0.3 is 4.90 Å². The van der Waals surface area contributed by atoms with Gasteiger partial charge in [0.1, 0.15) is 0 Å². The highest BCUT2D eigenvalue weighted by Gasteiger charge is 2.27. The zero-order chi connectivity index (χ0) is 15.9. The van der Waals surface area contributed by atoms with Gasteiger partial charge in [0.2, 0.25) is 0 Å². The van der Waals surface area contributed by atoms with Crippen LogP contribution in [-0.4, -0.2) is 24.0 Å². The first-order valence-electron chi connectivity index (χ1n) is 8.78. The Morgan fingerprint density at radius 1 is 1.10 bits per heavy atom. The van der Waals surface area contributed by atoms with Gasteiger partial charge in [-0.2, -0.15) is 0 Å². The van der Waals surface area contributed by atoms with Crippen LogP contribution < -0.4 is 0 Å². The standard InChI is InChI=1S/C18H29N.C2H6/c1-15-10-12-19(13-11-15)16(2)14-18(3,4)17-8-6-5-7-9-17;1-2/h5-9,15-16H,10-14H2,1-4H3;1-2H3. The molecule has 0 aromatic heterocycles. The zero-order valence-corrected chi connectivity index (χ0v) is 15.0. The van der Waals surface area contributed by atoms with Gasteiger partial charge in [-0.05, 0) is 56.2 Å². The van der Waals surface area contributed by atoms with Crippen molar-refractivity contribution in [3.05, 3.63) is 35.9 Å². The van der Waals surface area contributed by atoms with Crippen molar-refractivity contribution in [1.29, 1.82) is 0 Å². The average Bonchev–Trinajstić information content (AvgIpc) is 2.50. The van der Waals surface area contributed by atoms with Crippen LogP contribution in [-0.2, 0) is 5.41 Å². The van der Waals surface area contributed by atoms with E-state index in [1.807, 2.05) is 13.8 Å². The van der Waals surface area contributed by atoms with E-state index in [1.54, 1.807) is 0 Å². The van der Waals surface area contributed by atoms with Gasteiger partial charge in [0.15, 0.2) is 0 Å². The predicted molar refractivity (Wildman–Crippen MR) is 94.9 cm³/mol. The molecule has 1 fully saturated rings. The second kappa shape index (κ2) is 8.58. The Balaban J connectivity index is 0.00000106. The van der Waals surface area contributed by atoms with Gasteiger partial charge in [0.05, 0.1) is 0 Å². The Morgan fingerprint density at radius 2 is 1.62 bits per heavy atom. The quantitative estimate of drug-likeness (QED) is 0.707. The Labute approximate surface area is 132 Å². The van der Waals surface area contributed by atoms with Crippen molar-refractivity contribution in [1.82, 2.24) is 4.90 Å². The smallest absolute Gasteiger partial charge is 0.00752 e. The number of benzene rings is 1. The van der Waals surface area contributed by atoms with Crippen LogP contribution in [0.15, 0.2) is 30.3 Å². The third kappa shape index (κ3) is 5.47. The van der Waals surface area contributed by atoms with Gasteiger partial charge >= 0.3 is 0 Å². The minimum Gasteiger partial charge on any atom is -0.301 e. The molecule has 1 atom stereocenters. The first-order valence-corrected chi connectivity index (χ1v) is 8.78. The molecule has 1 saturated heterocycles. The van der Waals surface area contributed by atoms with E-state index < -0.39 is 0 Å². The van der Waals surface area contributed by atoms with Crippen LogP contribution >= 0.6 is 0 Å². The molecule has 0 amide bonds. The summed E-state index contributed by atoms with van der Waals surface area (Å²) in [5, 5.41) is 0. The largest absolute Gasteiger partial charge is 0.301 e. The van der Waals surface area contributed by atoms with Crippen LogP contribution in [0.1, 0.15) is 66.4 Å². The summed E-state index contributed by atoms with van der Waals surface area (Å²) in [5.41, 5.74) is 1.73. The number of likely N-dealkylation sites (tertiary alicyclic amines) is 1. The molecule has 21 heavy (non-hydrogen) atoms. The van der Waals surface area contributed by atoms with Crippen LogP contribution in [0.25, 0.3) is 0 Å². The van der Waals surface area contributed by atoms with Crippen LogP contribution in [0.5, 0.6) is 0 Å². The molecule has 1 heteroatoms. The molecule has 1 aromatic rings. The number of rotatable bonds is 4. The SMILES string of the molecule is CC.CC1CCN(C(C)CC(C)(C)c2ccccc2)CC1. The molecule has 1 aliphatic heterocycles. The van der Waals surface area contributed by atoms with Crippen molar-refractivity contribution in [3.63, 3.8) is 0 Å². The Morgan fingerprint density at radius 3 is 2.14 bits per heavy atom. The maximum Gasteiger partial charge on any atom is 0.00752 e. The van der Waals surface area contributed by atoms with Crippen molar-refractivity contribution < 1.29 is 0 Å². The van der Waals surface area contributed by atoms with E-state index in [0.29, 0.717) is 6.04 Å². The molecular formula is C20H35N. The molecule has 1 heterocycles. The van der Waals surface area contributed by atoms with Crippen LogP contribution in [0, 0.1) is 5.92 Å². The Kier molecular flexibility index (Phi) is 7.45. The highest BCUT2D eigenvalue weighted by molar-refractivity contribution is 5.23. The third-order valence-electron chi connectivity index (χ3n) is 4.80. The molecule has 2 rings (SSSR count). The van der Waals surface area contributed by atoms with Gasteiger partial charge in [-0.25, -0.2) is 0 Å². The van der Waals surface area contributed by atoms with E-state index in [2.05, 4.69) is 62.9 Å². The minimum absolute atomic E-state index is 0.268. The highest BCUT2D eigenvalue weighted by atomic mass is 15.2. The molecule has 0 saturated carbocycles. The molecule has 0 N–H and O–H groups in total. The first kappa shape index (κ1) is 18.2. The summed E-state index contributed by atoms with van der Waals surface area (Å²) in [5.74, 6) is 0.922. The number of piperidine rings is 1. The minimum atomic E-state index is 0.268. The lowest BCUT2D eigenvalue weighted by atomic mass is 9.79. The van der Waals surface area contributed by atoms with E-state index in [4.69, 9.17) is 0 Å². The van der Waals surface area contributed by atoms with Crippen LogP contribution in [0.3, 0.4) is 0 Å². The summed E-state index contributed by atoms with van der Waals surface area (Å²) in [7, 11) is 0. The molecule has 1 nitrogen and oxygen atoms in total. The normalized spacial score (nSPS) is 18.8. The van der Waals surface area contributed by atoms with Gasteiger partial charge in [0.25, 0.3) is 0 Å². The average molecular weight is 290 g/mol. The van der Waals surface area contributed by atoms with Crippen molar-refractivity contribution in [2.24, 2.45) is 5.92 Å². The van der Waals surface area contributed by atoms with E-state index in [1.165, 1.54) is 37.9 Å². The molecule has 120 valence electrons. The maximum atomic E-state index is 2.69. The Hall–Kier alpha value is -0.820. The van der Waals surface area contributed by atoms with Crippen molar-refractivity contribution in [2.45, 2.75) is 72.3 Å². The summed E-state index contributed by atoms with van der Waals surface area (Å²) in [4.78, 5) is 2.69. The summed E-state index contributed by atoms with van der Waals surface area (Å²) in [6.07, 6.45) is 3.98. The van der Waals surface area contributed by atoms with Gasteiger partial charge in [-0.1, -0.05) is 65.0 Å². The molecule has 0 radical (unpaired) electrons. The lowest BCUT2D eigenvalue weighted by Gasteiger charge is -2.38. The van der Waals surface area contributed by atoms with Crippen molar-refractivity contribution in [3.8, 4) is 0 Å². The fraction of sp³-hybridized carbons (Fsp3) is 0.700. The summed E-state index contributed by atoms with van der Waals surface area (Å²) < 4.78 is 0. The number of hydrogen-bond donors (Lipinski definition) is 0. The maximum absolute atomic E-state index is 2.69. The number of hydrogen-bond acceptors (Lipinski definition) is 1. The fourth-order valence-electron chi connectivity index (χ4n) is 3.34. The molecule has 1 aliphatic rings. The van der Waals surface area contributed by atoms with Crippen LogP contribution in [0.4, 0.5) is 0 Å². The first-order chi connectivity index (χ1) is 9.99. The molecule has 1 aromatic carbocycles. The zero-order valence-electron chi connectivity index (χ0n) is 15.0. The van der Waals surface area contributed by atoms with E-state index in [9.17, 15) is 0 Å². The molecular weight excluding hydrogens is 254 g/mol. The topological polar surface area (TPSA) is 3.24 Å². The predicted octanol–water partition coefficient (Wildman–Crippen LogP) is 5.50. The molecule has 1 unspecified atom stereocenters. The second-order valence-corrected chi connectivity index (χ2v) is 7.02. The second-order valence-electron chi connectivity index (χ2n) is 7.02. The van der Waals surface area contributed by atoms with E-state index in [0.717, 1.165) is 5.92 Å². The highest BCUT2D eigenvalue weighted by Crippen LogP contribution is 2.31. The monoisotopic (exact) mass is 289 g/mol. The molecule has 0 aliphatic carbocycles. The van der Waals surface area contributed by atoms with Crippen molar-refractivity contribution >= 4 is 0 Å². The number of nitrogens with zero attached hydrogens (tertiary/aromatic N) is 1. The van der Waals surface area contributed by atoms with E-state index >= 15 is 0 Å². The lowest BCUT2D eigenvalue weighted by Crippen LogP contribution is -2.42. The lowest BCUT2D eigenvalue weighted by molar-refractivity contribution is 0.127. The van der Waals surface area contributed by atoms with Crippen molar-refractivity contribution in [2.75, 3.05) is 13.1 Å². The summed E-state index contributed by atoms with van der Waals surface area (Å²) >= 11 is 0. The molecule has 0 bridgehead atoms. The van der Waals surface area contributed by atoms with Crippen LogP contribution in [0.2, 0.25) is 0 Å². The van der Waals surface area contributed by atoms with E-state index in [-0.39, 0.29) is 5.41 Å².